The van der Waals surface area contributed by atoms with Crippen molar-refractivity contribution in [3.8, 4) is 0 Å². The van der Waals surface area contributed by atoms with Crippen molar-refractivity contribution < 1.29 is 4.79 Å². The highest BCUT2D eigenvalue weighted by atomic mass is 16.1. The number of carbonyl (C=O) groups excluding carboxylic acids is 1. The zero-order valence-electron chi connectivity index (χ0n) is 10.9. The van der Waals surface area contributed by atoms with E-state index in [2.05, 4.69) is 26.8 Å². The first-order valence-corrected chi connectivity index (χ1v) is 6.30. The van der Waals surface area contributed by atoms with Gasteiger partial charge in [-0.3, -0.25) is 4.79 Å². The van der Waals surface area contributed by atoms with Gasteiger partial charge in [0.15, 0.2) is 5.78 Å². The van der Waals surface area contributed by atoms with Crippen molar-refractivity contribution in [3.05, 3.63) is 22.8 Å². The molecule has 0 aromatic rings. The average molecular weight is 218 g/mol. The van der Waals surface area contributed by atoms with Gasteiger partial charge in [0.1, 0.15) is 0 Å². The molecule has 88 valence electrons. The molecule has 0 saturated heterocycles. The third-order valence-corrected chi connectivity index (χ3v) is 4.42. The molecule has 0 saturated carbocycles. The average Bonchev–Trinajstić information content (AvgIpc) is 2.49. The third-order valence-electron chi connectivity index (χ3n) is 4.42. The summed E-state index contributed by atoms with van der Waals surface area (Å²) in [5.74, 6) is 0.872. The van der Waals surface area contributed by atoms with Gasteiger partial charge >= 0.3 is 0 Å². The highest BCUT2D eigenvalue weighted by molar-refractivity contribution is 5.98. The Bertz CT molecular complexity index is 382. The predicted molar refractivity (Wildman–Crippen MR) is 67.2 cm³/mol. The van der Waals surface area contributed by atoms with Gasteiger partial charge in [0.2, 0.25) is 0 Å². The van der Waals surface area contributed by atoms with Crippen LogP contribution in [0.25, 0.3) is 0 Å². The number of Topliss-reactive ketones (excluding diaryl/α,β-unsaturated/α-hetero) is 1. The molecule has 1 unspecified atom stereocenters. The Morgan fingerprint density at radius 1 is 1.25 bits per heavy atom. The summed E-state index contributed by atoms with van der Waals surface area (Å²) in [4.78, 5) is 11.9. The van der Waals surface area contributed by atoms with Crippen LogP contribution < -0.4 is 0 Å². The number of ketones is 1. The van der Waals surface area contributed by atoms with Gasteiger partial charge in [-0.15, -0.1) is 0 Å². The van der Waals surface area contributed by atoms with Crippen molar-refractivity contribution in [1.82, 2.24) is 0 Å². The molecule has 0 aromatic heterocycles. The lowest BCUT2D eigenvalue weighted by molar-refractivity contribution is -0.115. The Labute approximate surface area is 98.6 Å². The fraction of sp³-hybridized carbons (Fsp3) is 0.667. The van der Waals surface area contributed by atoms with Crippen LogP contribution in [0.1, 0.15) is 53.4 Å². The molecule has 0 spiro atoms. The van der Waals surface area contributed by atoms with Crippen molar-refractivity contribution >= 4 is 5.78 Å². The molecule has 1 heteroatoms. The molecule has 0 bridgehead atoms. The van der Waals surface area contributed by atoms with Crippen molar-refractivity contribution in [2.45, 2.75) is 53.4 Å². The van der Waals surface area contributed by atoms with Gasteiger partial charge in [0.05, 0.1) is 0 Å². The van der Waals surface area contributed by atoms with Crippen LogP contribution in [0, 0.1) is 11.3 Å². The predicted octanol–water partition coefficient (Wildman–Crippen LogP) is 4.05. The second-order valence-corrected chi connectivity index (χ2v) is 6.07. The van der Waals surface area contributed by atoms with Gasteiger partial charge < -0.3 is 0 Å². The van der Waals surface area contributed by atoms with E-state index in [0.717, 1.165) is 31.3 Å². The summed E-state index contributed by atoms with van der Waals surface area (Å²) >= 11 is 0. The number of carbonyl (C=O) groups is 1. The normalized spacial score (nSPS) is 32.9. The largest absolute Gasteiger partial charge is 0.295 e. The molecule has 2 rings (SSSR count). The van der Waals surface area contributed by atoms with Crippen LogP contribution in [0.3, 0.4) is 0 Å². The van der Waals surface area contributed by atoms with E-state index in [0.29, 0.717) is 11.7 Å². The maximum absolute atomic E-state index is 11.9. The van der Waals surface area contributed by atoms with Crippen LogP contribution in [0.4, 0.5) is 0 Å². The zero-order valence-corrected chi connectivity index (χ0v) is 10.9. The van der Waals surface area contributed by atoms with Crippen molar-refractivity contribution in [1.29, 1.82) is 0 Å². The van der Waals surface area contributed by atoms with Crippen LogP contribution in [-0.4, -0.2) is 5.78 Å². The van der Waals surface area contributed by atoms with E-state index in [4.69, 9.17) is 0 Å². The maximum atomic E-state index is 11.9. The highest BCUT2D eigenvalue weighted by Crippen LogP contribution is 2.47. The first kappa shape index (κ1) is 11.6. The van der Waals surface area contributed by atoms with Gasteiger partial charge in [-0.05, 0) is 50.0 Å². The van der Waals surface area contributed by atoms with Gasteiger partial charge in [-0.1, -0.05) is 31.1 Å². The standard InChI is InChI=1S/C15H22O/c1-10-5-6-12-11(2)14(16)9-13(12)15(3,4)8-7-10/h7,13H,5-6,8-9H2,1-4H3/b10-7-. The summed E-state index contributed by atoms with van der Waals surface area (Å²) in [6.45, 7) is 8.84. The van der Waals surface area contributed by atoms with Gasteiger partial charge in [-0.25, -0.2) is 0 Å². The molecule has 2 aliphatic carbocycles. The smallest absolute Gasteiger partial charge is 0.159 e. The van der Waals surface area contributed by atoms with E-state index in [1.807, 2.05) is 6.92 Å². The third kappa shape index (κ3) is 1.88. The molecule has 0 amide bonds. The molecule has 0 aliphatic heterocycles. The van der Waals surface area contributed by atoms with Gasteiger partial charge in [0.25, 0.3) is 0 Å². The quantitative estimate of drug-likeness (QED) is 0.561. The second-order valence-electron chi connectivity index (χ2n) is 6.07. The van der Waals surface area contributed by atoms with Crippen LogP contribution in [0.15, 0.2) is 22.8 Å². The van der Waals surface area contributed by atoms with E-state index >= 15 is 0 Å². The molecule has 1 nitrogen and oxygen atoms in total. The molecule has 1 atom stereocenters. The first-order valence-electron chi connectivity index (χ1n) is 6.30. The van der Waals surface area contributed by atoms with Crippen LogP contribution in [0.5, 0.6) is 0 Å². The van der Waals surface area contributed by atoms with Crippen LogP contribution in [0.2, 0.25) is 0 Å². The summed E-state index contributed by atoms with van der Waals surface area (Å²) in [5.41, 5.74) is 4.23. The van der Waals surface area contributed by atoms with E-state index in [-0.39, 0.29) is 5.41 Å². The van der Waals surface area contributed by atoms with Gasteiger partial charge in [-0.2, -0.15) is 0 Å². The molecule has 16 heavy (non-hydrogen) atoms. The lowest BCUT2D eigenvalue weighted by atomic mass is 9.70. The van der Waals surface area contributed by atoms with Crippen molar-refractivity contribution in [2.24, 2.45) is 11.3 Å². The Morgan fingerprint density at radius 3 is 2.62 bits per heavy atom. The fourth-order valence-electron chi connectivity index (χ4n) is 3.03. The maximum Gasteiger partial charge on any atom is 0.159 e. The summed E-state index contributed by atoms with van der Waals surface area (Å²) in [6.07, 6.45) is 6.45. The number of rotatable bonds is 0. The zero-order chi connectivity index (χ0) is 11.9. The van der Waals surface area contributed by atoms with Crippen LogP contribution in [-0.2, 0) is 4.79 Å². The minimum absolute atomic E-state index is 0.241. The van der Waals surface area contributed by atoms with Crippen molar-refractivity contribution in [2.75, 3.05) is 0 Å². The van der Waals surface area contributed by atoms with E-state index < -0.39 is 0 Å². The Hall–Kier alpha value is -0.850. The molecule has 0 N–H and O–H groups in total. The van der Waals surface area contributed by atoms with Crippen LogP contribution >= 0.6 is 0 Å². The fourth-order valence-corrected chi connectivity index (χ4v) is 3.03. The van der Waals surface area contributed by atoms with Crippen molar-refractivity contribution in [3.63, 3.8) is 0 Å². The summed E-state index contributed by atoms with van der Waals surface area (Å²) in [5, 5.41) is 0. The SMILES string of the molecule is CC1=C2CC/C(C)=C\CC(C)(C)C2CC1=O. The highest BCUT2D eigenvalue weighted by Gasteiger charge is 2.39. The lowest BCUT2D eigenvalue weighted by Crippen LogP contribution is -2.25. The Balaban J connectivity index is 2.40. The summed E-state index contributed by atoms with van der Waals surface area (Å²) in [7, 11) is 0. The van der Waals surface area contributed by atoms with E-state index in [1.165, 1.54) is 11.1 Å². The molecular weight excluding hydrogens is 196 g/mol. The second kappa shape index (κ2) is 3.87. The van der Waals surface area contributed by atoms with Gasteiger partial charge in [0, 0.05) is 6.42 Å². The molecular formula is C15H22O. The summed E-state index contributed by atoms with van der Waals surface area (Å²) < 4.78 is 0. The Kier molecular flexibility index (Phi) is 2.81. The molecule has 0 radical (unpaired) electrons. The minimum atomic E-state index is 0.241. The first-order chi connectivity index (χ1) is 7.42. The van der Waals surface area contributed by atoms with E-state index in [1.54, 1.807) is 0 Å². The van der Waals surface area contributed by atoms with E-state index in [9.17, 15) is 4.79 Å². The topological polar surface area (TPSA) is 17.1 Å². The minimum Gasteiger partial charge on any atom is -0.295 e. The Morgan fingerprint density at radius 2 is 1.94 bits per heavy atom. The molecule has 0 heterocycles. The monoisotopic (exact) mass is 218 g/mol. The number of hydrogen-bond acceptors (Lipinski definition) is 1. The number of fused-ring (bicyclic) bond motifs is 1. The molecule has 0 aromatic carbocycles. The molecule has 0 fully saturated rings. The lowest BCUT2D eigenvalue weighted by Gasteiger charge is -2.34. The number of hydrogen-bond donors (Lipinski definition) is 0. The summed E-state index contributed by atoms with van der Waals surface area (Å²) in [6, 6.07) is 0. The number of allylic oxidation sites excluding steroid dienone is 4. The molecule has 2 aliphatic rings.